The first kappa shape index (κ1) is 10.3. The first-order chi connectivity index (χ1) is 8.33. The van der Waals surface area contributed by atoms with Crippen molar-refractivity contribution in [3.63, 3.8) is 0 Å². The highest BCUT2D eigenvalue weighted by Gasteiger charge is 2.08. The van der Waals surface area contributed by atoms with Gasteiger partial charge in [0.25, 0.3) is 0 Å². The maximum atomic E-state index is 4.91. The number of nitrogens with one attached hydrogen (secondary N) is 2. The lowest BCUT2D eigenvalue weighted by Crippen LogP contribution is -1.78. The highest BCUT2D eigenvalue weighted by atomic mass is 32.1. The van der Waals surface area contributed by atoms with Gasteiger partial charge in [-0.15, -0.1) is 11.3 Å². The van der Waals surface area contributed by atoms with E-state index in [4.69, 9.17) is 12.2 Å². The van der Waals surface area contributed by atoms with E-state index >= 15 is 0 Å². The lowest BCUT2D eigenvalue weighted by atomic mass is 10.4. The molecule has 0 radical (unpaired) electrons. The summed E-state index contributed by atoms with van der Waals surface area (Å²) in [7, 11) is 0. The summed E-state index contributed by atoms with van der Waals surface area (Å²) in [6.45, 7) is 0. The molecule has 0 aromatic carbocycles. The summed E-state index contributed by atoms with van der Waals surface area (Å²) in [5.74, 6) is 0.703. The van der Waals surface area contributed by atoms with Gasteiger partial charge in [-0.3, -0.25) is 15.2 Å². The smallest absolute Gasteiger partial charge is 0.213 e. The highest BCUT2D eigenvalue weighted by Crippen LogP contribution is 2.28. The number of pyridine rings is 1. The molecule has 0 fully saturated rings. The first-order valence-corrected chi connectivity index (χ1v) is 6.08. The maximum absolute atomic E-state index is 4.91. The number of nitrogens with zero attached hydrogens (tertiary/aromatic N) is 3. The third-order valence-corrected chi connectivity index (χ3v) is 3.34. The van der Waals surface area contributed by atoms with Crippen LogP contribution in [0.3, 0.4) is 0 Å². The average Bonchev–Trinajstić information content (AvgIpc) is 2.98. The highest BCUT2D eigenvalue weighted by molar-refractivity contribution is 7.71. The molecule has 0 unspecified atom stereocenters. The fourth-order valence-corrected chi connectivity index (χ4v) is 2.36. The van der Waals surface area contributed by atoms with Crippen LogP contribution in [0.4, 0.5) is 0 Å². The van der Waals surface area contributed by atoms with Crippen LogP contribution in [-0.2, 0) is 0 Å². The third-order valence-electron chi connectivity index (χ3n) is 2.12. The van der Waals surface area contributed by atoms with Gasteiger partial charge in [0.2, 0.25) is 4.77 Å². The predicted molar refractivity (Wildman–Crippen MR) is 68.1 cm³/mol. The van der Waals surface area contributed by atoms with E-state index in [1.54, 1.807) is 12.4 Å². The van der Waals surface area contributed by atoms with Crippen LogP contribution in [0.5, 0.6) is 0 Å². The lowest BCUT2D eigenvalue weighted by Gasteiger charge is -1.91. The molecule has 3 rings (SSSR count). The predicted octanol–water partition coefficient (Wildman–Crippen LogP) is 2.65. The molecule has 0 saturated carbocycles. The Hall–Kier alpha value is -1.86. The molecule has 0 aliphatic rings. The number of thiazole rings is 1. The van der Waals surface area contributed by atoms with Crippen LogP contribution < -0.4 is 0 Å². The molecule has 0 aliphatic carbocycles. The molecule has 0 bridgehead atoms. The van der Waals surface area contributed by atoms with Gasteiger partial charge in [0.15, 0.2) is 5.82 Å². The van der Waals surface area contributed by atoms with E-state index < -0.39 is 0 Å². The van der Waals surface area contributed by atoms with Gasteiger partial charge >= 0.3 is 0 Å². The Kier molecular flexibility index (Phi) is 2.54. The number of H-pyrrole nitrogens is 2. The van der Waals surface area contributed by atoms with Crippen molar-refractivity contribution in [1.29, 1.82) is 0 Å². The minimum atomic E-state index is 0.438. The van der Waals surface area contributed by atoms with Gasteiger partial charge in [0.05, 0.1) is 10.6 Å². The van der Waals surface area contributed by atoms with Crippen LogP contribution in [0.1, 0.15) is 0 Å². The Morgan fingerprint density at radius 2 is 2.12 bits per heavy atom. The topological polar surface area (TPSA) is 70.2 Å². The second kappa shape index (κ2) is 4.19. The minimum absolute atomic E-state index is 0.438. The summed E-state index contributed by atoms with van der Waals surface area (Å²) in [4.78, 5) is 13.6. The average molecular weight is 261 g/mol. The van der Waals surface area contributed by atoms with E-state index in [1.807, 2.05) is 18.2 Å². The molecular weight excluding hydrogens is 254 g/mol. The van der Waals surface area contributed by atoms with E-state index in [1.165, 1.54) is 11.3 Å². The van der Waals surface area contributed by atoms with Crippen molar-refractivity contribution in [2.75, 3.05) is 0 Å². The van der Waals surface area contributed by atoms with Crippen LogP contribution >= 0.6 is 23.6 Å². The van der Waals surface area contributed by atoms with Crippen molar-refractivity contribution in [2.45, 2.75) is 0 Å². The van der Waals surface area contributed by atoms with Crippen LogP contribution in [0.15, 0.2) is 30.6 Å². The minimum Gasteiger partial charge on any atom is -0.281 e. The molecule has 0 amide bonds. The summed E-state index contributed by atoms with van der Waals surface area (Å²) in [6.07, 6.45) is 3.51. The van der Waals surface area contributed by atoms with Crippen LogP contribution in [0.25, 0.3) is 21.4 Å². The van der Waals surface area contributed by atoms with Crippen molar-refractivity contribution >= 4 is 23.6 Å². The Labute approximate surface area is 106 Å². The van der Waals surface area contributed by atoms with Gasteiger partial charge in [0.1, 0.15) is 5.01 Å². The van der Waals surface area contributed by atoms with Gasteiger partial charge in [0, 0.05) is 12.4 Å². The monoisotopic (exact) mass is 261 g/mol. The lowest BCUT2D eigenvalue weighted by molar-refractivity contribution is 1.08. The molecule has 0 spiro atoms. The molecule has 5 nitrogen and oxygen atoms in total. The van der Waals surface area contributed by atoms with E-state index in [-0.39, 0.29) is 0 Å². The Balaban J connectivity index is 2.01. The number of aromatic amines is 2. The molecule has 0 saturated heterocycles. The summed E-state index contributed by atoms with van der Waals surface area (Å²) in [6, 6.07) is 5.74. The molecule has 3 aromatic rings. The Morgan fingerprint density at radius 1 is 1.18 bits per heavy atom. The summed E-state index contributed by atoms with van der Waals surface area (Å²) in [5.41, 5.74) is 0.859. The van der Waals surface area contributed by atoms with E-state index in [0.29, 0.717) is 10.6 Å². The van der Waals surface area contributed by atoms with Gasteiger partial charge in [-0.2, -0.15) is 4.98 Å². The Bertz CT molecular complexity index is 682. The zero-order valence-electron chi connectivity index (χ0n) is 8.54. The fourth-order valence-electron chi connectivity index (χ4n) is 1.38. The zero-order valence-corrected chi connectivity index (χ0v) is 10.2. The van der Waals surface area contributed by atoms with Crippen LogP contribution in [0, 0.1) is 4.77 Å². The van der Waals surface area contributed by atoms with Gasteiger partial charge in [-0.05, 0) is 24.4 Å². The van der Waals surface area contributed by atoms with Crippen molar-refractivity contribution < 1.29 is 0 Å². The summed E-state index contributed by atoms with van der Waals surface area (Å²) < 4.78 is 0.438. The Morgan fingerprint density at radius 3 is 2.82 bits per heavy atom. The molecule has 2 N–H and O–H groups in total. The molecule has 7 heteroatoms. The van der Waals surface area contributed by atoms with Crippen LogP contribution in [0.2, 0.25) is 0 Å². The summed E-state index contributed by atoms with van der Waals surface area (Å²) >= 11 is 6.43. The van der Waals surface area contributed by atoms with Gasteiger partial charge in [-0.1, -0.05) is 6.07 Å². The molecule has 17 heavy (non-hydrogen) atoms. The van der Waals surface area contributed by atoms with E-state index in [0.717, 1.165) is 15.6 Å². The van der Waals surface area contributed by atoms with Gasteiger partial charge < -0.3 is 0 Å². The number of hydrogen-bond donors (Lipinski definition) is 2. The zero-order chi connectivity index (χ0) is 11.7. The normalized spacial score (nSPS) is 10.6. The number of hydrogen-bond acceptors (Lipinski definition) is 5. The molecule has 0 aliphatic heterocycles. The second-order valence-corrected chi connectivity index (χ2v) is 4.68. The fraction of sp³-hybridized carbons (Fsp3) is 0. The van der Waals surface area contributed by atoms with Crippen molar-refractivity contribution in [2.24, 2.45) is 0 Å². The van der Waals surface area contributed by atoms with E-state index in [2.05, 4.69) is 25.1 Å². The van der Waals surface area contributed by atoms with Crippen LogP contribution in [-0.4, -0.2) is 25.1 Å². The van der Waals surface area contributed by atoms with Crippen molar-refractivity contribution in [1.82, 2.24) is 25.1 Å². The van der Waals surface area contributed by atoms with Gasteiger partial charge in [-0.25, -0.2) is 4.98 Å². The molecule has 3 heterocycles. The SMILES string of the molecule is S=c1nc(-c2cnc(-c3ccccn3)s2)[nH][nH]1. The molecule has 3 aromatic heterocycles. The van der Waals surface area contributed by atoms with Crippen molar-refractivity contribution in [3.05, 3.63) is 35.4 Å². The molecular formula is C10H7N5S2. The third kappa shape index (κ3) is 2.02. The first-order valence-electron chi connectivity index (χ1n) is 4.85. The van der Waals surface area contributed by atoms with E-state index in [9.17, 15) is 0 Å². The molecule has 0 atom stereocenters. The summed E-state index contributed by atoms with van der Waals surface area (Å²) in [5, 5.41) is 6.52. The second-order valence-electron chi connectivity index (χ2n) is 3.26. The quantitative estimate of drug-likeness (QED) is 0.696. The standard InChI is InChI=1S/C10H7N5S2/c16-10-13-8(14-15-10)7-5-12-9(17-7)6-3-1-2-4-11-6/h1-5H,(H2,13,14,15,16). The number of rotatable bonds is 2. The molecule has 84 valence electrons. The van der Waals surface area contributed by atoms with Crippen molar-refractivity contribution in [3.8, 4) is 21.4 Å². The number of aromatic nitrogens is 5. The maximum Gasteiger partial charge on any atom is 0.213 e. The largest absolute Gasteiger partial charge is 0.281 e.